The molecule has 0 aliphatic carbocycles. The lowest BCUT2D eigenvalue weighted by molar-refractivity contribution is -0.143. The molecule has 16 heteroatoms. The van der Waals surface area contributed by atoms with Crippen molar-refractivity contribution in [2.24, 2.45) is 10.3 Å². The molecule has 0 amide bonds. The van der Waals surface area contributed by atoms with E-state index in [0.717, 1.165) is 12.1 Å². The van der Waals surface area contributed by atoms with Gasteiger partial charge in [0, 0.05) is 32.7 Å². The number of hydrazine groups is 1. The van der Waals surface area contributed by atoms with Gasteiger partial charge < -0.3 is 5.11 Å². The first kappa shape index (κ1) is 33.9. The highest BCUT2D eigenvalue weighted by atomic mass is 19.4. The summed E-state index contributed by atoms with van der Waals surface area (Å²) in [6, 6.07) is 3.97. The predicted octanol–water partition coefficient (Wildman–Crippen LogP) is 7.14. The maximum atomic E-state index is 13.9. The van der Waals surface area contributed by atoms with Gasteiger partial charge in [0.25, 0.3) is 0 Å². The standard InChI is InChI=1S/C28H33F9N6O/c1-4-23(42-9-5-8-25(2,44)16-42)22-7-6-19(26(29,30)31)12-18(22)15-43(24-38-40-41(3)39-24)14-17-10-20(27(32,33)34)13-21(11-17)28(35,36)37/h6-7,10-13,23-24,39,44H,4-5,8-9,14-16H2,1-3H3. The van der Waals surface area contributed by atoms with Gasteiger partial charge in [-0.1, -0.05) is 18.2 Å². The van der Waals surface area contributed by atoms with E-state index in [0.29, 0.717) is 43.5 Å². The number of nitrogens with zero attached hydrogens (tertiary/aromatic N) is 5. The van der Waals surface area contributed by atoms with Crippen LogP contribution in [0.15, 0.2) is 46.7 Å². The molecular weight excluding hydrogens is 607 g/mol. The summed E-state index contributed by atoms with van der Waals surface area (Å²) in [5, 5.41) is 19.6. The fourth-order valence-corrected chi connectivity index (χ4v) is 5.74. The molecular formula is C28H33F9N6O. The predicted molar refractivity (Wildman–Crippen MR) is 141 cm³/mol. The van der Waals surface area contributed by atoms with Crippen molar-refractivity contribution in [1.82, 2.24) is 20.3 Å². The Hall–Kier alpha value is -2.95. The van der Waals surface area contributed by atoms with Crippen LogP contribution < -0.4 is 5.43 Å². The van der Waals surface area contributed by atoms with Gasteiger partial charge in [0.05, 0.1) is 22.3 Å². The smallest absolute Gasteiger partial charge is 0.389 e. The van der Waals surface area contributed by atoms with Crippen molar-refractivity contribution in [3.05, 3.63) is 69.8 Å². The fraction of sp³-hybridized carbons (Fsp3) is 0.571. The van der Waals surface area contributed by atoms with Crippen LogP contribution in [-0.4, -0.2) is 52.1 Å². The summed E-state index contributed by atoms with van der Waals surface area (Å²) in [5.41, 5.74) is -1.93. The number of nitrogens with one attached hydrogen (secondary N) is 1. The van der Waals surface area contributed by atoms with E-state index in [9.17, 15) is 44.6 Å². The minimum absolute atomic E-state index is 0.0133. The third-order valence-corrected chi connectivity index (χ3v) is 7.71. The average Bonchev–Trinajstić information content (AvgIpc) is 3.33. The number of halogens is 9. The summed E-state index contributed by atoms with van der Waals surface area (Å²) in [6.45, 7) is 3.50. The van der Waals surface area contributed by atoms with Crippen LogP contribution in [0.1, 0.15) is 72.5 Å². The molecule has 0 aromatic heterocycles. The van der Waals surface area contributed by atoms with Crippen molar-refractivity contribution in [2.75, 3.05) is 20.1 Å². The van der Waals surface area contributed by atoms with Gasteiger partial charge in [0.2, 0.25) is 0 Å². The number of alkyl halides is 9. The molecule has 2 N–H and O–H groups in total. The van der Waals surface area contributed by atoms with Crippen LogP contribution in [0, 0.1) is 0 Å². The Balaban J connectivity index is 1.79. The van der Waals surface area contributed by atoms with E-state index in [2.05, 4.69) is 15.8 Å². The molecule has 2 aliphatic rings. The summed E-state index contributed by atoms with van der Waals surface area (Å²) in [6.07, 6.45) is -14.3. The Bertz CT molecular complexity index is 1310. The summed E-state index contributed by atoms with van der Waals surface area (Å²) in [7, 11) is 1.46. The van der Waals surface area contributed by atoms with E-state index in [4.69, 9.17) is 0 Å². The molecule has 7 nitrogen and oxygen atoms in total. The molecule has 0 spiro atoms. The minimum Gasteiger partial charge on any atom is -0.389 e. The molecule has 244 valence electrons. The largest absolute Gasteiger partial charge is 0.416 e. The Morgan fingerprint density at radius 3 is 2.07 bits per heavy atom. The first-order chi connectivity index (χ1) is 20.3. The number of hydrogen-bond donors (Lipinski definition) is 2. The highest BCUT2D eigenvalue weighted by Crippen LogP contribution is 2.39. The average molecular weight is 641 g/mol. The van der Waals surface area contributed by atoms with E-state index in [-0.39, 0.29) is 30.3 Å². The van der Waals surface area contributed by atoms with Crippen molar-refractivity contribution < 1.29 is 44.6 Å². The molecule has 3 unspecified atom stereocenters. The number of benzene rings is 2. The second kappa shape index (κ2) is 12.4. The molecule has 1 saturated heterocycles. The van der Waals surface area contributed by atoms with Gasteiger partial charge in [-0.2, -0.15) is 44.9 Å². The Morgan fingerprint density at radius 2 is 1.57 bits per heavy atom. The van der Waals surface area contributed by atoms with E-state index in [1.54, 1.807) is 6.92 Å². The molecule has 3 atom stereocenters. The Labute approximate surface area is 248 Å². The number of likely N-dealkylation sites (tertiary alicyclic amines) is 1. The van der Waals surface area contributed by atoms with Gasteiger partial charge in [0.15, 0.2) is 6.29 Å². The van der Waals surface area contributed by atoms with Crippen molar-refractivity contribution in [3.8, 4) is 0 Å². The molecule has 2 aromatic carbocycles. The molecule has 2 heterocycles. The summed E-state index contributed by atoms with van der Waals surface area (Å²) < 4.78 is 123. The Kier molecular flexibility index (Phi) is 9.60. The maximum Gasteiger partial charge on any atom is 0.416 e. The lowest BCUT2D eigenvalue weighted by atomic mass is 9.89. The minimum atomic E-state index is -5.08. The van der Waals surface area contributed by atoms with Crippen LogP contribution in [0.2, 0.25) is 0 Å². The van der Waals surface area contributed by atoms with E-state index in [1.165, 1.54) is 23.1 Å². The van der Waals surface area contributed by atoms with Crippen LogP contribution in [0.4, 0.5) is 39.5 Å². The van der Waals surface area contributed by atoms with Crippen molar-refractivity contribution in [2.45, 2.75) is 82.7 Å². The van der Waals surface area contributed by atoms with Gasteiger partial charge in [-0.05, 0) is 79.8 Å². The number of β-amino-alcohol motifs (C(OH)–C–C–N with tert-alkyl or cyclic N) is 1. The maximum absolute atomic E-state index is 13.9. The topological polar surface area (TPSA) is 66.7 Å². The van der Waals surface area contributed by atoms with Crippen molar-refractivity contribution in [1.29, 1.82) is 0 Å². The first-order valence-electron chi connectivity index (χ1n) is 13.9. The highest BCUT2D eigenvalue weighted by Gasteiger charge is 2.39. The molecule has 0 bridgehead atoms. The second-order valence-corrected chi connectivity index (χ2v) is 11.5. The molecule has 2 aromatic rings. The third kappa shape index (κ3) is 8.20. The zero-order valence-corrected chi connectivity index (χ0v) is 24.2. The SMILES string of the molecule is CCC(c1ccc(C(F)(F)F)cc1CN(Cc1cc(C(F)(F)F)cc(C(F)(F)F)c1)C1N=NN(C)N1)N1CCCC(C)(O)C1. The van der Waals surface area contributed by atoms with Crippen LogP contribution in [0.5, 0.6) is 0 Å². The van der Waals surface area contributed by atoms with Crippen LogP contribution in [0.25, 0.3) is 0 Å². The van der Waals surface area contributed by atoms with Gasteiger partial charge in [-0.25, -0.2) is 5.12 Å². The van der Waals surface area contributed by atoms with Crippen LogP contribution in [-0.2, 0) is 31.6 Å². The molecule has 0 saturated carbocycles. The number of aliphatic hydroxyl groups is 1. The van der Waals surface area contributed by atoms with E-state index < -0.39 is 59.7 Å². The van der Waals surface area contributed by atoms with Crippen molar-refractivity contribution >= 4 is 0 Å². The summed E-state index contributed by atoms with van der Waals surface area (Å²) >= 11 is 0. The summed E-state index contributed by atoms with van der Waals surface area (Å²) in [5.74, 6) is 0. The Morgan fingerprint density at radius 1 is 0.955 bits per heavy atom. The molecule has 0 radical (unpaired) electrons. The van der Waals surface area contributed by atoms with E-state index >= 15 is 0 Å². The number of hydrogen-bond acceptors (Lipinski definition) is 7. The lowest BCUT2D eigenvalue weighted by Crippen LogP contribution is -2.48. The van der Waals surface area contributed by atoms with Crippen molar-refractivity contribution in [3.63, 3.8) is 0 Å². The number of piperidine rings is 1. The first-order valence-corrected chi connectivity index (χ1v) is 13.9. The molecule has 44 heavy (non-hydrogen) atoms. The third-order valence-electron chi connectivity index (χ3n) is 7.71. The fourth-order valence-electron chi connectivity index (χ4n) is 5.74. The normalized spacial score (nSPS) is 22.7. The molecule has 1 fully saturated rings. The van der Waals surface area contributed by atoms with Gasteiger partial charge in [0.1, 0.15) is 0 Å². The quantitative estimate of drug-likeness (QED) is 0.301. The number of rotatable bonds is 8. The van der Waals surface area contributed by atoms with Gasteiger partial charge in [-0.15, -0.1) is 5.11 Å². The second-order valence-electron chi connectivity index (χ2n) is 11.5. The van der Waals surface area contributed by atoms with Gasteiger partial charge >= 0.3 is 18.5 Å². The monoisotopic (exact) mass is 640 g/mol. The van der Waals surface area contributed by atoms with Crippen LogP contribution in [0.3, 0.4) is 0 Å². The summed E-state index contributed by atoms with van der Waals surface area (Å²) in [4.78, 5) is 3.30. The molecule has 4 rings (SSSR count). The lowest BCUT2D eigenvalue weighted by Gasteiger charge is -2.42. The van der Waals surface area contributed by atoms with Gasteiger partial charge in [-0.3, -0.25) is 9.80 Å². The van der Waals surface area contributed by atoms with Crippen LogP contribution >= 0.6 is 0 Å². The zero-order valence-electron chi connectivity index (χ0n) is 24.2. The highest BCUT2D eigenvalue weighted by molar-refractivity contribution is 5.37. The zero-order chi connectivity index (χ0) is 32.7. The molecule has 2 aliphatic heterocycles. The van der Waals surface area contributed by atoms with E-state index in [1.807, 2.05) is 11.8 Å².